The zero-order valence-corrected chi connectivity index (χ0v) is 9.32. The number of carboxylic acid groups (broad SMARTS) is 1. The first-order chi connectivity index (χ1) is 7.02. The number of hydrogen-bond donors (Lipinski definition) is 2. The van der Waals surface area contributed by atoms with Gasteiger partial charge in [-0.05, 0) is 31.9 Å². The molecule has 0 radical (unpaired) electrons. The van der Waals surface area contributed by atoms with Gasteiger partial charge in [0.1, 0.15) is 6.04 Å². The van der Waals surface area contributed by atoms with Gasteiger partial charge in [0.25, 0.3) is 0 Å². The highest BCUT2D eigenvalue weighted by atomic mass is 16.4. The van der Waals surface area contributed by atoms with E-state index in [0.29, 0.717) is 0 Å². The highest BCUT2D eigenvalue weighted by Gasteiger charge is 2.15. The maximum atomic E-state index is 10.7. The highest BCUT2D eigenvalue weighted by Crippen LogP contribution is 2.16. The Morgan fingerprint density at radius 1 is 1.33 bits per heavy atom. The van der Waals surface area contributed by atoms with Gasteiger partial charge in [-0.15, -0.1) is 0 Å². The van der Waals surface area contributed by atoms with Crippen LogP contribution in [-0.2, 0) is 4.79 Å². The Morgan fingerprint density at radius 2 is 1.93 bits per heavy atom. The van der Waals surface area contributed by atoms with Crippen molar-refractivity contribution in [3.8, 4) is 0 Å². The third kappa shape index (κ3) is 3.06. The fourth-order valence-electron chi connectivity index (χ4n) is 1.61. The molecule has 0 spiro atoms. The summed E-state index contributed by atoms with van der Waals surface area (Å²) in [5, 5.41) is 11.8. The summed E-state index contributed by atoms with van der Waals surface area (Å²) in [5.41, 5.74) is 2.32. The van der Waals surface area contributed by atoms with E-state index < -0.39 is 12.0 Å². The molecule has 0 saturated carbocycles. The molecule has 3 nitrogen and oxygen atoms in total. The van der Waals surface area contributed by atoms with Crippen molar-refractivity contribution < 1.29 is 9.90 Å². The first-order valence-electron chi connectivity index (χ1n) is 5.06. The molecule has 0 aliphatic heterocycles. The SMILES string of the molecule is Cc1ccccc1[C@@H](C)NC(C)C(=O)O. The summed E-state index contributed by atoms with van der Waals surface area (Å²) in [6.07, 6.45) is 0. The zero-order valence-electron chi connectivity index (χ0n) is 9.32. The second-order valence-electron chi connectivity index (χ2n) is 3.80. The summed E-state index contributed by atoms with van der Waals surface area (Å²) in [5.74, 6) is -0.824. The fraction of sp³-hybridized carbons (Fsp3) is 0.417. The van der Waals surface area contributed by atoms with Crippen LogP contribution in [-0.4, -0.2) is 17.1 Å². The molecule has 0 heterocycles. The molecule has 1 unspecified atom stereocenters. The van der Waals surface area contributed by atoms with E-state index in [4.69, 9.17) is 5.11 Å². The summed E-state index contributed by atoms with van der Waals surface area (Å²) in [6.45, 7) is 5.65. The Kier molecular flexibility index (Phi) is 3.86. The molecule has 0 aliphatic carbocycles. The van der Waals surface area contributed by atoms with Gasteiger partial charge in [-0.2, -0.15) is 0 Å². The van der Waals surface area contributed by atoms with Crippen LogP contribution in [0.4, 0.5) is 0 Å². The van der Waals surface area contributed by atoms with Crippen LogP contribution in [0.15, 0.2) is 24.3 Å². The molecule has 1 rings (SSSR count). The molecule has 82 valence electrons. The maximum Gasteiger partial charge on any atom is 0.320 e. The lowest BCUT2D eigenvalue weighted by Gasteiger charge is -2.19. The first kappa shape index (κ1) is 11.7. The Balaban J connectivity index is 2.73. The maximum absolute atomic E-state index is 10.7. The Morgan fingerprint density at radius 3 is 2.47 bits per heavy atom. The average Bonchev–Trinajstić information content (AvgIpc) is 2.18. The minimum atomic E-state index is -0.824. The van der Waals surface area contributed by atoms with Crippen molar-refractivity contribution in [2.45, 2.75) is 32.9 Å². The second-order valence-corrected chi connectivity index (χ2v) is 3.80. The monoisotopic (exact) mass is 207 g/mol. The van der Waals surface area contributed by atoms with Gasteiger partial charge >= 0.3 is 5.97 Å². The Labute approximate surface area is 90.1 Å². The molecule has 3 heteroatoms. The lowest BCUT2D eigenvalue weighted by atomic mass is 10.0. The molecule has 2 atom stereocenters. The molecule has 0 aromatic heterocycles. The van der Waals surface area contributed by atoms with Crippen LogP contribution >= 0.6 is 0 Å². The van der Waals surface area contributed by atoms with E-state index in [2.05, 4.69) is 5.32 Å². The van der Waals surface area contributed by atoms with Gasteiger partial charge in [-0.1, -0.05) is 24.3 Å². The molecular weight excluding hydrogens is 190 g/mol. The van der Waals surface area contributed by atoms with E-state index in [0.717, 1.165) is 5.56 Å². The van der Waals surface area contributed by atoms with Gasteiger partial charge in [0.05, 0.1) is 0 Å². The van der Waals surface area contributed by atoms with Gasteiger partial charge in [0, 0.05) is 6.04 Å². The van der Waals surface area contributed by atoms with Gasteiger partial charge in [-0.25, -0.2) is 0 Å². The number of aliphatic carboxylic acids is 1. The van der Waals surface area contributed by atoms with Crippen molar-refractivity contribution in [1.29, 1.82) is 0 Å². The third-order valence-electron chi connectivity index (χ3n) is 2.53. The van der Waals surface area contributed by atoms with Crippen LogP contribution in [0.5, 0.6) is 0 Å². The number of aryl methyl sites for hydroxylation is 1. The van der Waals surface area contributed by atoms with E-state index in [-0.39, 0.29) is 6.04 Å². The van der Waals surface area contributed by atoms with Crippen LogP contribution in [0.2, 0.25) is 0 Å². The molecule has 0 bridgehead atoms. The number of carbonyl (C=O) groups is 1. The molecule has 1 aromatic carbocycles. The molecule has 2 N–H and O–H groups in total. The average molecular weight is 207 g/mol. The number of carboxylic acids is 1. The molecule has 15 heavy (non-hydrogen) atoms. The second kappa shape index (κ2) is 4.94. The quantitative estimate of drug-likeness (QED) is 0.795. The molecule has 0 saturated heterocycles. The Bertz CT molecular complexity index is 349. The van der Waals surface area contributed by atoms with Gasteiger partial charge in [0.2, 0.25) is 0 Å². The minimum absolute atomic E-state index is 0.0531. The third-order valence-corrected chi connectivity index (χ3v) is 2.53. The lowest BCUT2D eigenvalue weighted by molar-refractivity contribution is -0.139. The predicted octanol–water partition coefficient (Wildman–Crippen LogP) is 2.12. The van der Waals surface area contributed by atoms with Crippen LogP contribution in [0.3, 0.4) is 0 Å². The summed E-state index contributed by atoms with van der Waals surface area (Å²) in [4.78, 5) is 10.7. The van der Waals surface area contributed by atoms with Crippen molar-refractivity contribution >= 4 is 5.97 Å². The molecule has 0 aliphatic rings. The van der Waals surface area contributed by atoms with E-state index in [1.54, 1.807) is 6.92 Å². The van der Waals surface area contributed by atoms with E-state index in [1.165, 1.54) is 5.56 Å². The number of benzene rings is 1. The van der Waals surface area contributed by atoms with Crippen molar-refractivity contribution in [3.05, 3.63) is 35.4 Å². The molecule has 0 fully saturated rings. The fourth-order valence-corrected chi connectivity index (χ4v) is 1.61. The smallest absolute Gasteiger partial charge is 0.320 e. The van der Waals surface area contributed by atoms with Gasteiger partial charge < -0.3 is 5.11 Å². The lowest BCUT2D eigenvalue weighted by Crippen LogP contribution is -2.35. The summed E-state index contributed by atoms with van der Waals surface area (Å²) < 4.78 is 0. The molecule has 1 aromatic rings. The van der Waals surface area contributed by atoms with E-state index in [9.17, 15) is 4.79 Å². The minimum Gasteiger partial charge on any atom is -0.480 e. The van der Waals surface area contributed by atoms with Crippen LogP contribution in [0.1, 0.15) is 31.0 Å². The van der Waals surface area contributed by atoms with Crippen LogP contribution < -0.4 is 5.32 Å². The molecular formula is C12H17NO2. The standard InChI is InChI=1S/C12H17NO2/c1-8-6-4-5-7-11(8)9(2)13-10(3)12(14)15/h4-7,9-10,13H,1-3H3,(H,14,15)/t9-,10?/m1/s1. The predicted molar refractivity (Wildman–Crippen MR) is 59.8 cm³/mol. The topological polar surface area (TPSA) is 49.3 Å². The van der Waals surface area contributed by atoms with Crippen LogP contribution in [0, 0.1) is 6.92 Å². The summed E-state index contributed by atoms with van der Waals surface area (Å²) in [6, 6.07) is 7.51. The zero-order chi connectivity index (χ0) is 11.4. The normalized spacial score (nSPS) is 14.6. The van der Waals surface area contributed by atoms with Crippen LogP contribution in [0.25, 0.3) is 0 Å². The number of hydrogen-bond acceptors (Lipinski definition) is 2. The van der Waals surface area contributed by atoms with E-state index in [1.807, 2.05) is 38.1 Å². The first-order valence-corrected chi connectivity index (χ1v) is 5.06. The Hall–Kier alpha value is -1.35. The molecule has 0 amide bonds. The van der Waals surface area contributed by atoms with Crippen molar-refractivity contribution in [2.24, 2.45) is 0 Å². The van der Waals surface area contributed by atoms with Crippen molar-refractivity contribution in [3.63, 3.8) is 0 Å². The summed E-state index contributed by atoms with van der Waals surface area (Å²) >= 11 is 0. The number of rotatable bonds is 4. The van der Waals surface area contributed by atoms with Gasteiger partial charge in [-0.3, -0.25) is 10.1 Å². The van der Waals surface area contributed by atoms with Crippen molar-refractivity contribution in [1.82, 2.24) is 5.32 Å². The van der Waals surface area contributed by atoms with Crippen molar-refractivity contribution in [2.75, 3.05) is 0 Å². The number of nitrogens with one attached hydrogen (secondary N) is 1. The van der Waals surface area contributed by atoms with Gasteiger partial charge in [0.15, 0.2) is 0 Å². The largest absolute Gasteiger partial charge is 0.480 e. The van der Waals surface area contributed by atoms with E-state index >= 15 is 0 Å². The highest BCUT2D eigenvalue weighted by molar-refractivity contribution is 5.72. The summed E-state index contributed by atoms with van der Waals surface area (Å²) in [7, 11) is 0.